The van der Waals surface area contributed by atoms with E-state index in [-0.39, 0.29) is 23.0 Å². The highest BCUT2D eigenvalue weighted by Gasteiger charge is 2.24. The number of rotatable bonds is 8. The van der Waals surface area contributed by atoms with E-state index in [9.17, 15) is 4.79 Å². The highest BCUT2D eigenvalue weighted by atomic mass is 35.5. The standard InChI is InChI=1S/C30H33ClN12O2/c1-18-19(2)27(40-39-26(18)25-9-12-33-42(25)4)43-13-10-21(11-14-43)37-30(44)36-20-5-7-23(8-6-20)45-28-24(31)16-32-29(38-28)35-22-15-34-41(3)17-22/h5-9,12,15-17,21H,10-11,13-14H2,1-4H3,(H,32,35,38)(H2,36,37,44). The monoisotopic (exact) mass is 628 g/mol. The number of hydrogen-bond acceptors (Lipinski definition) is 10. The zero-order valence-electron chi connectivity index (χ0n) is 25.3. The Balaban J connectivity index is 0.999. The minimum atomic E-state index is -0.264. The molecule has 1 fully saturated rings. The first-order chi connectivity index (χ1) is 21.7. The highest BCUT2D eigenvalue weighted by Crippen LogP contribution is 2.30. The van der Waals surface area contributed by atoms with Crippen molar-refractivity contribution in [2.24, 2.45) is 14.1 Å². The van der Waals surface area contributed by atoms with Gasteiger partial charge >= 0.3 is 6.03 Å². The topological polar surface area (TPSA) is 153 Å². The fourth-order valence-corrected chi connectivity index (χ4v) is 5.28. The van der Waals surface area contributed by atoms with Gasteiger partial charge in [0.1, 0.15) is 16.5 Å². The van der Waals surface area contributed by atoms with E-state index >= 15 is 0 Å². The lowest BCUT2D eigenvalue weighted by molar-refractivity contribution is 0.246. The van der Waals surface area contributed by atoms with Crippen molar-refractivity contribution in [3.63, 3.8) is 0 Å². The predicted octanol–water partition coefficient (Wildman–Crippen LogP) is 5.00. The quantitative estimate of drug-likeness (QED) is 0.214. The summed E-state index contributed by atoms with van der Waals surface area (Å²) in [4.78, 5) is 23.5. The second-order valence-electron chi connectivity index (χ2n) is 10.8. The van der Waals surface area contributed by atoms with Crippen LogP contribution in [0.2, 0.25) is 5.02 Å². The lowest BCUT2D eigenvalue weighted by atomic mass is 10.0. The third kappa shape index (κ3) is 6.80. The number of aryl methyl sites for hydroxylation is 2. The molecule has 1 saturated heterocycles. The molecule has 232 valence electrons. The maximum atomic E-state index is 12.8. The molecule has 0 aliphatic carbocycles. The third-order valence-electron chi connectivity index (χ3n) is 7.69. The van der Waals surface area contributed by atoms with E-state index in [2.05, 4.69) is 65.1 Å². The van der Waals surface area contributed by atoms with Crippen LogP contribution in [-0.4, -0.2) is 64.9 Å². The van der Waals surface area contributed by atoms with E-state index in [4.69, 9.17) is 16.3 Å². The van der Waals surface area contributed by atoms with Crippen molar-refractivity contribution in [1.82, 2.24) is 45.0 Å². The van der Waals surface area contributed by atoms with Crippen LogP contribution < -0.4 is 25.6 Å². The number of carbonyl (C=O) groups excluding carboxylic acids is 1. The molecule has 45 heavy (non-hydrogen) atoms. The largest absolute Gasteiger partial charge is 0.437 e. The summed E-state index contributed by atoms with van der Waals surface area (Å²) in [5.41, 5.74) is 5.31. The number of urea groups is 1. The summed E-state index contributed by atoms with van der Waals surface area (Å²) in [7, 11) is 3.71. The molecule has 2 amide bonds. The second-order valence-corrected chi connectivity index (χ2v) is 11.2. The summed E-state index contributed by atoms with van der Waals surface area (Å²) < 4.78 is 9.34. The van der Waals surface area contributed by atoms with Gasteiger partial charge in [0.25, 0.3) is 0 Å². The van der Waals surface area contributed by atoms with Crippen molar-refractivity contribution < 1.29 is 9.53 Å². The number of anilines is 4. The van der Waals surface area contributed by atoms with Gasteiger partial charge in [-0.2, -0.15) is 15.2 Å². The van der Waals surface area contributed by atoms with E-state index < -0.39 is 0 Å². The molecule has 1 aromatic carbocycles. The Hall–Kier alpha value is -5.24. The average Bonchev–Trinajstić information content (AvgIpc) is 3.64. The molecule has 1 aliphatic heterocycles. The van der Waals surface area contributed by atoms with Crippen molar-refractivity contribution in [2.75, 3.05) is 28.6 Å². The van der Waals surface area contributed by atoms with Crippen LogP contribution in [0.25, 0.3) is 11.4 Å². The van der Waals surface area contributed by atoms with E-state index in [0.29, 0.717) is 17.4 Å². The zero-order chi connectivity index (χ0) is 31.5. The summed E-state index contributed by atoms with van der Waals surface area (Å²) in [5.74, 6) is 1.90. The number of aromatic nitrogens is 8. The van der Waals surface area contributed by atoms with E-state index in [1.165, 1.54) is 6.20 Å². The molecule has 0 spiro atoms. The number of nitrogens with one attached hydrogen (secondary N) is 3. The molecule has 5 aromatic rings. The first-order valence-electron chi connectivity index (χ1n) is 14.4. The van der Waals surface area contributed by atoms with Gasteiger partial charge in [-0.15, -0.1) is 10.2 Å². The first kappa shape index (κ1) is 29.8. The third-order valence-corrected chi connectivity index (χ3v) is 7.95. The van der Waals surface area contributed by atoms with Crippen LogP contribution >= 0.6 is 11.6 Å². The van der Waals surface area contributed by atoms with Crippen LogP contribution in [0.5, 0.6) is 11.6 Å². The van der Waals surface area contributed by atoms with Gasteiger partial charge < -0.3 is 25.6 Å². The number of amides is 2. The molecule has 3 N–H and O–H groups in total. The first-order valence-corrected chi connectivity index (χ1v) is 14.8. The van der Waals surface area contributed by atoms with Gasteiger partial charge in [0.2, 0.25) is 11.8 Å². The average molecular weight is 629 g/mol. The fourth-order valence-electron chi connectivity index (χ4n) is 5.15. The molecule has 0 bridgehead atoms. The molecule has 0 unspecified atom stereocenters. The maximum Gasteiger partial charge on any atom is 0.319 e. The van der Waals surface area contributed by atoms with Crippen LogP contribution in [0.4, 0.5) is 27.9 Å². The van der Waals surface area contributed by atoms with Gasteiger partial charge in [0, 0.05) is 51.3 Å². The van der Waals surface area contributed by atoms with Crippen molar-refractivity contribution in [2.45, 2.75) is 32.7 Å². The molecular weight excluding hydrogens is 596 g/mol. The summed E-state index contributed by atoms with van der Waals surface area (Å²) >= 11 is 6.26. The van der Waals surface area contributed by atoms with Gasteiger partial charge in [-0.25, -0.2) is 9.78 Å². The van der Waals surface area contributed by atoms with Crippen molar-refractivity contribution in [1.29, 1.82) is 0 Å². The number of ether oxygens (including phenoxy) is 1. The van der Waals surface area contributed by atoms with Gasteiger partial charge in [0.05, 0.1) is 23.8 Å². The molecule has 14 nitrogen and oxygen atoms in total. The van der Waals surface area contributed by atoms with Crippen LogP contribution in [0.15, 0.2) is 55.1 Å². The summed E-state index contributed by atoms with van der Waals surface area (Å²) in [6.45, 7) is 5.68. The lowest BCUT2D eigenvalue weighted by Gasteiger charge is -2.34. The molecule has 0 atom stereocenters. The fraction of sp³-hybridized carbons (Fsp3) is 0.300. The van der Waals surface area contributed by atoms with Gasteiger partial charge in [-0.05, 0) is 68.1 Å². The normalized spacial score (nSPS) is 13.5. The number of piperidine rings is 1. The Morgan fingerprint density at radius 2 is 1.76 bits per heavy atom. The number of hydrogen-bond donors (Lipinski definition) is 3. The molecule has 5 heterocycles. The summed E-state index contributed by atoms with van der Waals surface area (Å²) in [6.07, 6.45) is 8.26. The molecule has 0 radical (unpaired) electrons. The Kier molecular flexibility index (Phi) is 8.47. The highest BCUT2D eigenvalue weighted by molar-refractivity contribution is 6.31. The number of nitrogens with zero attached hydrogens (tertiary/aromatic N) is 9. The van der Waals surface area contributed by atoms with Gasteiger partial charge in [-0.3, -0.25) is 9.36 Å². The number of halogens is 1. The van der Waals surface area contributed by atoms with Crippen LogP contribution in [0, 0.1) is 13.8 Å². The molecule has 6 rings (SSSR count). The molecule has 0 saturated carbocycles. The van der Waals surface area contributed by atoms with Crippen LogP contribution in [0.3, 0.4) is 0 Å². The molecule has 15 heteroatoms. The Morgan fingerprint density at radius 3 is 2.44 bits per heavy atom. The Morgan fingerprint density at radius 1 is 0.978 bits per heavy atom. The summed E-state index contributed by atoms with van der Waals surface area (Å²) in [6, 6.07) is 8.67. The van der Waals surface area contributed by atoms with Crippen molar-refractivity contribution >= 4 is 40.8 Å². The van der Waals surface area contributed by atoms with E-state index in [1.807, 2.05) is 20.2 Å². The smallest absolute Gasteiger partial charge is 0.319 e. The van der Waals surface area contributed by atoms with Crippen LogP contribution in [-0.2, 0) is 14.1 Å². The van der Waals surface area contributed by atoms with Crippen LogP contribution in [0.1, 0.15) is 24.0 Å². The number of carbonyl (C=O) groups is 1. The van der Waals surface area contributed by atoms with E-state index in [0.717, 1.165) is 60.0 Å². The lowest BCUT2D eigenvalue weighted by Crippen LogP contribution is -2.46. The minimum Gasteiger partial charge on any atom is -0.437 e. The SMILES string of the molecule is Cc1c(-c2ccnn2C)nnc(N2CCC(NC(=O)Nc3ccc(Oc4nc(Nc5cnn(C)c5)ncc4Cl)cc3)CC2)c1C. The Bertz CT molecular complexity index is 1810. The second kappa shape index (κ2) is 12.8. The Labute approximate surface area is 264 Å². The molecule has 4 aromatic heterocycles. The van der Waals surface area contributed by atoms with Crippen molar-refractivity contribution in [3.05, 3.63) is 71.3 Å². The van der Waals surface area contributed by atoms with Crippen molar-refractivity contribution in [3.8, 4) is 23.0 Å². The van der Waals surface area contributed by atoms with Gasteiger partial charge in [0.15, 0.2) is 5.82 Å². The maximum absolute atomic E-state index is 12.8. The summed E-state index contributed by atoms with van der Waals surface area (Å²) in [5, 5.41) is 26.8. The number of benzene rings is 1. The minimum absolute atomic E-state index is 0.0429. The van der Waals surface area contributed by atoms with Gasteiger partial charge in [-0.1, -0.05) is 11.6 Å². The van der Waals surface area contributed by atoms with E-state index in [1.54, 1.807) is 52.2 Å². The predicted molar refractivity (Wildman–Crippen MR) is 171 cm³/mol. The molecular formula is C30H33ClN12O2. The zero-order valence-corrected chi connectivity index (χ0v) is 26.1. The molecule has 1 aliphatic rings.